The van der Waals surface area contributed by atoms with E-state index in [4.69, 9.17) is 5.73 Å². The molecule has 0 aliphatic rings. The number of nitrogens with two attached hydrogens (primary N) is 1. The minimum atomic E-state index is -2.97. The Morgan fingerprint density at radius 1 is 1.20 bits per heavy atom. The van der Waals surface area contributed by atoms with E-state index < -0.39 is 14.6 Å². The number of hydrogen-bond donors (Lipinski definition) is 1. The second kappa shape index (κ2) is 5.30. The first-order valence-corrected chi connectivity index (χ1v) is 7.19. The van der Waals surface area contributed by atoms with Gasteiger partial charge in [0.1, 0.15) is 0 Å². The van der Waals surface area contributed by atoms with Gasteiger partial charge in [-0.05, 0) is 46.5 Å². The molecule has 4 heteroatoms. The molecule has 0 heterocycles. The number of hydrogen-bond acceptors (Lipinski definition) is 3. The van der Waals surface area contributed by atoms with Crippen molar-refractivity contribution in [1.29, 1.82) is 0 Å². The Morgan fingerprint density at radius 2 is 1.67 bits per heavy atom. The molecule has 2 N–H and O–H groups in total. The number of sulfone groups is 1. The average Bonchev–Trinajstić information content (AvgIpc) is 1.97. The van der Waals surface area contributed by atoms with E-state index in [1.807, 2.05) is 6.92 Å². The lowest BCUT2D eigenvalue weighted by atomic mass is 10.0. The molecule has 0 radical (unpaired) electrons. The molecule has 0 aliphatic carbocycles. The lowest BCUT2D eigenvalue weighted by Gasteiger charge is -2.21. The predicted molar refractivity (Wildman–Crippen MR) is 65.6 cm³/mol. The summed E-state index contributed by atoms with van der Waals surface area (Å²) in [5.41, 5.74) is 5.67. The maximum atomic E-state index is 11.8. The molecule has 2 unspecified atom stereocenters. The van der Waals surface area contributed by atoms with Gasteiger partial charge in [-0.25, -0.2) is 8.42 Å². The summed E-state index contributed by atoms with van der Waals surface area (Å²) in [6.45, 7) is 9.26. The molecular weight excluding hydrogens is 210 g/mol. The van der Waals surface area contributed by atoms with Crippen LogP contribution in [0.3, 0.4) is 0 Å². The fourth-order valence-electron chi connectivity index (χ4n) is 1.42. The first-order valence-electron chi connectivity index (χ1n) is 5.54. The van der Waals surface area contributed by atoms with Crippen LogP contribution < -0.4 is 5.73 Å². The van der Waals surface area contributed by atoms with E-state index in [1.165, 1.54) is 0 Å². The topological polar surface area (TPSA) is 60.2 Å². The standard InChI is InChI=1S/C11H25NO2S/c1-9(8-10(2)12)6-7-15(13,14)11(3,4)5/h9-10H,6-8,12H2,1-5H3. The molecule has 0 aliphatic heterocycles. The van der Waals surface area contributed by atoms with E-state index in [9.17, 15) is 8.42 Å². The maximum absolute atomic E-state index is 11.8. The van der Waals surface area contributed by atoms with Gasteiger partial charge in [-0.1, -0.05) is 6.92 Å². The van der Waals surface area contributed by atoms with Crippen LogP contribution in [0.4, 0.5) is 0 Å². The molecule has 0 spiro atoms. The van der Waals surface area contributed by atoms with Gasteiger partial charge >= 0.3 is 0 Å². The molecule has 0 bridgehead atoms. The molecule has 0 aromatic rings. The summed E-state index contributed by atoms with van der Waals surface area (Å²) in [4.78, 5) is 0. The summed E-state index contributed by atoms with van der Waals surface area (Å²) in [6, 6.07) is 0.150. The molecule has 0 fully saturated rings. The van der Waals surface area contributed by atoms with Gasteiger partial charge in [0.15, 0.2) is 9.84 Å². The number of rotatable bonds is 5. The maximum Gasteiger partial charge on any atom is 0.155 e. The first kappa shape index (κ1) is 14.9. The normalized spacial score (nSPS) is 17.5. The van der Waals surface area contributed by atoms with Gasteiger partial charge in [-0.3, -0.25) is 0 Å². The molecule has 0 saturated carbocycles. The van der Waals surface area contributed by atoms with Crippen LogP contribution in [0.2, 0.25) is 0 Å². The zero-order valence-electron chi connectivity index (χ0n) is 10.6. The summed E-state index contributed by atoms with van der Waals surface area (Å²) >= 11 is 0. The quantitative estimate of drug-likeness (QED) is 0.792. The van der Waals surface area contributed by atoms with Crippen molar-refractivity contribution >= 4 is 9.84 Å². The van der Waals surface area contributed by atoms with Crippen molar-refractivity contribution in [2.24, 2.45) is 11.7 Å². The Morgan fingerprint density at radius 3 is 2.00 bits per heavy atom. The molecule has 3 nitrogen and oxygen atoms in total. The summed E-state index contributed by atoms with van der Waals surface area (Å²) in [5.74, 6) is 0.645. The molecule has 0 rings (SSSR count). The molecular formula is C11H25NO2S. The van der Waals surface area contributed by atoms with Crippen molar-refractivity contribution in [3.05, 3.63) is 0 Å². The highest BCUT2D eigenvalue weighted by Gasteiger charge is 2.28. The molecule has 15 heavy (non-hydrogen) atoms. The monoisotopic (exact) mass is 235 g/mol. The zero-order chi connectivity index (χ0) is 12.3. The smallest absolute Gasteiger partial charge is 0.155 e. The molecule has 0 saturated heterocycles. The van der Waals surface area contributed by atoms with Crippen LogP contribution >= 0.6 is 0 Å². The van der Waals surface area contributed by atoms with Crippen molar-refractivity contribution in [3.8, 4) is 0 Å². The van der Waals surface area contributed by atoms with Crippen molar-refractivity contribution in [1.82, 2.24) is 0 Å². The van der Waals surface area contributed by atoms with Crippen LogP contribution in [-0.4, -0.2) is 25.0 Å². The Bertz CT molecular complexity index is 275. The molecule has 0 aromatic carbocycles. The van der Waals surface area contributed by atoms with Gasteiger partial charge in [-0.15, -0.1) is 0 Å². The Kier molecular flexibility index (Phi) is 5.27. The Labute approximate surface area is 94.4 Å². The minimum absolute atomic E-state index is 0.150. The van der Waals surface area contributed by atoms with Gasteiger partial charge in [0.05, 0.1) is 10.5 Å². The second-order valence-corrected chi connectivity index (χ2v) is 8.40. The van der Waals surface area contributed by atoms with Crippen LogP contribution in [0.5, 0.6) is 0 Å². The van der Waals surface area contributed by atoms with Crippen LogP contribution in [0.1, 0.15) is 47.5 Å². The van der Waals surface area contributed by atoms with E-state index in [0.717, 1.165) is 6.42 Å². The van der Waals surface area contributed by atoms with Crippen LogP contribution in [0, 0.1) is 5.92 Å². The van der Waals surface area contributed by atoms with E-state index in [2.05, 4.69) is 6.92 Å². The van der Waals surface area contributed by atoms with Gasteiger partial charge in [0, 0.05) is 6.04 Å². The van der Waals surface area contributed by atoms with Crippen LogP contribution in [-0.2, 0) is 9.84 Å². The van der Waals surface area contributed by atoms with Gasteiger partial charge in [-0.2, -0.15) is 0 Å². The predicted octanol–water partition coefficient (Wildman–Crippen LogP) is 1.96. The summed E-state index contributed by atoms with van der Waals surface area (Å²) in [6.07, 6.45) is 1.60. The highest BCUT2D eigenvalue weighted by atomic mass is 32.2. The average molecular weight is 235 g/mol. The highest BCUT2D eigenvalue weighted by Crippen LogP contribution is 2.19. The molecule has 92 valence electrons. The van der Waals surface area contributed by atoms with E-state index >= 15 is 0 Å². The largest absolute Gasteiger partial charge is 0.328 e. The van der Waals surface area contributed by atoms with Crippen LogP contribution in [0.25, 0.3) is 0 Å². The van der Waals surface area contributed by atoms with Crippen LogP contribution in [0.15, 0.2) is 0 Å². The van der Waals surface area contributed by atoms with Gasteiger partial charge < -0.3 is 5.73 Å². The Balaban J connectivity index is 4.17. The fraction of sp³-hybridized carbons (Fsp3) is 1.00. The third kappa shape index (κ3) is 5.52. The van der Waals surface area contributed by atoms with Crippen molar-refractivity contribution in [2.75, 3.05) is 5.75 Å². The third-order valence-electron chi connectivity index (χ3n) is 2.59. The Hall–Kier alpha value is -0.0900. The van der Waals surface area contributed by atoms with Crippen molar-refractivity contribution < 1.29 is 8.42 Å². The minimum Gasteiger partial charge on any atom is -0.328 e. The van der Waals surface area contributed by atoms with E-state index in [1.54, 1.807) is 20.8 Å². The SMILES string of the molecule is CC(N)CC(C)CCS(=O)(=O)C(C)(C)C. The third-order valence-corrected chi connectivity index (χ3v) is 5.23. The first-order chi connectivity index (χ1) is 6.56. The summed E-state index contributed by atoms with van der Waals surface area (Å²) in [5, 5.41) is 0. The summed E-state index contributed by atoms with van der Waals surface area (Å²) < 4.78 is 23.0. The van der Waals surface area contributed by atoms with Gasteiger partial charge in [0.2, 0.25) is 0 Å². The van der Waals surface area contributed by atoms with Crippen molar-refractivity contribution in [2.45, 2.75) is 58.2 Å². The van der Waals surface area contributed by atoms with E-state index in [0.29, 0.717) is 12.3 Å². The second-order valence-electron chi connectivity index (χ2n) is 5.54. The van der Waals surface area contributed by atoms with Crippen molar-refractivity contribution in [3.63, 3.8) is 0 Å². The lowest BCUT2D eigenvalue weighted by Crippen LogP contribution is -2.31. The molecule has 2 atom stereocenters. The highest BCUT2D eigenvalue weighted by molar-refractivity contribution is 7.92. The molecule has 0 aromatic heterocycles. The lowest BCUT2D eigenvalue weighted by molar-refractivity contribution is 0.464. The fourth-order valence-corrected chi connectivity index (χ4v) is 2.74. The van der Waals surface area contributed by atoms with Gasteiger partial charge in [0.25, 0.3) is 0 Å². The zero-order valence-corrected chi connectivity index (χ0v) is 11.4. The van der Waals surface area contributed by atoms with E-state index in [-0.39, 0.29) is 11.8 Å². The molecule has 0 amide bonds. The summed E-state index contributed by atoms with van der Waals surface area (Å²) in [7, 11) is -2.97.